The van der Waals surface area contributed by atoms with Crippen molar-refractivity contribution in [2.75, 3.05) is 20.2 Å². The Kier molecular flexibility index (Phi) is 5.21. The molecule has 0 aliphatic carbocycles. The Morgan fingerprint density at radius 3 is 2.54 bits per heavy atom. The van der Waals surface area contributed by atoms with E-state index in [0.717, 1.165) is 16.9 Å². The lowest BCUT2D eigenvalue weighted by Gasteiger charge is -2.35. The first kappa shape index (κ1) is 17.9. The van der Waals surface area contributed by atoms with E-state index < -0.39 is 5.97 Å². The van der Waals surface area contributed by atoms with Gasteiger partial charge in [0.05, 0.1) is 18.6 Å². The number of carbonyl (C=O) groups excluding carboxylic acids is 1. The minimum absolute atomic E-state index is 0.0667. The van der Waals surface area contributed by atoms with Gasteiger partial charge in [-0.05, 0) is 36.1 Å². The summed E-state index contributed by atoms with van der Waals surface area (Å²) in [5.74, 6) is -0.578. The minimum Gasteiger partial charge on any atom is -0.497 e. The number of methoxy groups -OCH3 is 1. The Morgan fingerprint density at radius 2 is 1.92 bits per heavy atom. The molecular formula is C20H22N2O4. The van der Waals surface area contributed by atoms with E-state index in [4.69, 9.17) is 4.74 Å². The summed E-state index contributed by atoms with van der Waals surface area (Å²) < 4.78 is 5.16. The van der Waals surface area contributed by atoms with E-state index >= 15 is 0 Å². The van der Waals surface area contributed by atoms with E-state index in [0.29, 0.717) is 25.1 Å². The van der Waals surface area contributed by atoms with Crippen LogP contribution in [0.4, 0.5) is 0 Å². The van der Waals surface area contributed by atoms with Crippen molar-refractivity contribution in [3.8, 4) is 16.9 Å². The first-order valence-corrected chi connectivity index (χ1v) is 8.61. The number of pyridine rings is 1. The molecule has 2 aromatic rings. The standard InChI is InChI=1S/C20H22N2O4/c1-13-12-22(8-7-18(13)20(24)25)19(23)16-9-15(10-21-11-16)14-3-5-17(26-2)6-4-14/h3-6,9-11,13,18H,7-8,12H2,1-2H3,(H,24,25). The molecule has 0 radical (unpaired) electrons. The van der Waals surface area contributed by atoms with E-state index in [9.17, 15) is 14.7 Å². The quantitative estimate of drug-likeness (QED) is 0.913. The highest BCUT2D eigenvalue weighted by molar-refractivity contribution is 5.95. The lowest BCUT2D eigenvalue weighted by Crippen LogP contribution is -2.45. The van der Waals surface area contributed by atoms with Gasteiger partial charge in [-0.3, -0.25) is 14.6 Å². The molecule has 1 aromatic carbocycles. The average Bonchev–Trinajstić information content (AvgIpc) is 2.67. The number of nitrogens with zero attached hydrogens (tertiary/aromatic N) is 2. The number of aliphatic carboxylic acids is 1. The molecule has 1 amide bonds. The van der Waals surface area contributed by atoms with Crippen molar-refractivity contribution in [2.24, 2.45) is 11.8 Å². The highest BCUT2D eigenvalue weighted by Crippen LogP contribution is 2.26. The molecule has 1 aromatic heterocycles. The molecule has 2 unspecified atom stereocenters. The highest BCUT2D eigenvalue weighted by Gasteiger charge is 2.33. The molecule has 6 heteroatoms. The normalized spacial score (nSPS) is 19.8. The number of carbonyl (C=O) groups is 2. The van der Waals surface area contributed by atoms with Crippen LogP contribution in [0.5, 0.6) is 5.75 Å². The van der Waals surface area contributed by atoms with E-state index in [-0.39, 0.29) is 17.7 Å². The summed E-state index contributed by atoms with van der Waals surface area (Å²) in [5.41, 5.74) is 2.32. The summed E-state index contributed by atoms with van der Waals surface area (Å²) in [4.78, 5) is 30.0. The van der Waals surface area contributed by atoms with Gasteiger partial charge >= 0.3 is 5.97 Å². The molecule has 0 bridgehead atoms. The van der Waals surface area contributed by atoms with Crippen molar-refractivity contribution in [1.29, 1.82) is 0 Å². The Bertz CT molecular complexity index is 804. The second-order valence-electron chi connectivity index (χ2n) is 6.65. The number of carboxylic acid groups (broad SMARTS) is 1. The molecular weight excluding hydrogens is 332 g/mol. The van der Waals surface area contributed by atoms with Gasteiger partial charge in [0.15, 0.2) is 0 Å². The second kappa shape index (κ2) is 7.56. The zero-order valence-electron chi connectivity index (χ0n) is 14.9. The van der Waals surface area contributed by atoms with Crippen LogP contribution in [-0.2, 0) is 4.79 Å². The lowest BCUT2D eigenvalue weighted by molar-refractivity contribution is -0.145. The highest BCUT2D eigenvalue weighted by atomic mass is 16.5. The van der Waals surface area contributed by atoms with Crippen LogP contribution < -0.4 is 4.74 Å². The third-order valence-corrected chi connectivity index (χ3v) is 4.92. The van der Waals surface area contributed by atoms with Crippen molar-refractivity contribution in [1.82, 2.24) is 9.88 Å². The molecule has 1 aliphatic heterocycles. The van der Waals surface area contributed by atoms with Gasteiger partial charge in [0.1, 0.15) is 5.75 Å². The summed E-state index contributed by atoms with van der Waals surface area (Å²) in [6.45, 7) is 2.78. The fraction of sp³-hybridized carbons (Fsp3) is 0.350. The molecule has 6 nitrogen and oxygen atoms in total. The summed E-state index contributed by atoms with van der Waals surface area (Å²) in [7, 11) is 1.62. The van der Waals surface area contributed by atoms with Crippen molar-refractivity contribution < 1.29 is 19.4 Å². The number of likely N-dealkylation sites (tertiary alicyclic amines) is 1. The van der Waals surface area contributed by atoms with Gasteiger partial charge in [0.25, 0.3) is 5.91 Å². The third kappa shape index (κ3) is 3.69. The number of amides is 1. The van der Waals surface area contributed by atoms with Gasteiger partial charge in [-0.1, -0.05) is 19.1 Å². The third-order valence-electron chi connectivity index (χ3n) is 4.92. The number of carboxylic acids is 1. The van der Waals surface area contributed by atoms with Crippen molar-refractivity contribution in [2.45, 2.75) is 13.3 Å². The molecule has 0 spiro atoms. The van der Waals surface area contributed by atoms with E-state index in [1.54, 1.807) is 24.4 Å². The number of aromatic nitrogens is 1. The molecule has 2 heterocycles. The summed E-state index contributed by atoms with van der Waals surface area (Å²) in [6.07, 6.45) is 3.76. The molecule has 1 saturated heterocycles. The second-order valence-corrected chi connectivity index (χ2v) is 6.65. The lowest BCUT2D eigenvalue weighted by atomic mass is 9.87. The predicted molar refractivity (Wildman–Crippen MR) is 97.0 cm³/mol. The zero-order valence-corrected chi connectivity index (χ0v) is 14.9. The Hall–Kier alpha value is -2.89. The molecule has 1 fully saturated rings. The van der Waals surface area contributed by atoms with Crippen LogP contribution in [0.2, 0.25) is 0 Å². The summed E-state index contributed by atoms with van der Waals surface area (Å²) in [5, 5.41) is 9.23. The van der Waals surface area contributed by atoms with E-state index in [1.165, 1.54) is 0 Å². The number of hydrogen-bond donors (Lipinski definition) is 1. The molecule has 1 aliphatic rings. The zero-order chi connectivity index (χ0) is 18.7. The monoisotopic (exact) mass is 354 g/mol. The van der Waals surface area contributed by atoms with Crippen molar-refractivity contribution in [3.05, 3.63) is 48.3 Å². The van der Waals surface area contributed by atoms with Gasteiger partial charge in [-0.25, -0.2) is 0 Å². The minimum atomic E-state index is -0.784. The Balaban J connectivity index is 1.77. The number of ether oxygens (including phenoxy) is 1. The van der Waals surface area contributed by atoms with Crippen molar-refractivity contribution >= 4 is 11.9 Å². The fourth-order valence-corrected chi connectivity index (χ4v) is 3.38. The molecule has 3 rings (SSSR count). The van der Waals surface area contributed by atoms with Gasteiger partial charge in [0, 0.05) is 31.0 Å². The number of rotatable bonds is 4. The maximum absolute atomic E-state index is 12.8. The Labute approximate surface area is 152 Å². The summed E-state index contributed by atoms with van der Waals surface area (Å²) in [6, 6.07) is 9.39. The molecule has 136 valence electrons. The number of benzene rings is 1. The van der Waals surface area contributed by atoms with Crippen LogP contribution in [0.25, 0.3) is 11.1 Å². The van der Waals surface area contributed by atoms with Gasteiger partial charge in [-0.15, -0.1) is 0 Å². The molecule has 2 atom stereocenters. The van der Waals surface area contributed by atoms with Crippen LogP contribution in [0, 0.1) is 11.8 Å². The maximum atomic E-state index is 12.8. The maximum Gasteiger partial charge on any atom is 0.306 e. The number of piperidine rings is 1. The molecule has 0 saturated carbocycles. The average molecular weight is 354 g/mol. The largest absolute Gasteiger partial charge is 0.497 e. The first-order valence-electron chi connectivity index (χ1n) is 8.61. The smallest absolute Gasteiger partial charge is 0.306 e. The van der Waals surface area contributed by atoms with E-state index in [2.05, 4.69) is 4.98 Å². The van der Waals surface area contributed by atoms with Crippen molar-refractivity contribution in [3.63, 3.8) is 0 Å². The van der Waals surface area contributed by atoms with E-state index in [1.807, 2.05) is 37.3 Å². The first-order chi connectivity index (χ1) is 12.5. The topological polar surface area (TPSA) is 79.7 Å². The fourth-order valence-electron chi connectivity index (χ4n) is 3.38. The van der Waals surface area contributed by atoms with Gasteiger partial charge in [-0.2, -0.15) is 0 Å². The molecule has 26 heavy (non-hydrogen) atoms. The van der Waals surface area contributed by atoms with Crippen LogP contribution >= 0.6 is 0 Å². The predicted octanol–water partition coefficient (Wildman–Crippen LogP) is 2.94. The molecule has 1 N–H and O–H groups in total. The van der Waals surface area contributed by atoms with Crippen LogP contribution in [0.3, 0.4) is 0 Å². The van der Waals surface area contributed by atoms with Gasteiger partial charge in [0.2, 0.25) is 0 Å². The Morgan fingerprint density at radius 1 is 1.19 bits per heavy atom. The summed E-state index contributed by atoms with van der Waals surface area (Å²) >= 11 is 0. The van der Waals surface area contributed by atoms with Crippen LogP contribution in [0.1, 0.15) is 23.7 Å². The van der Waals surface area contributed by atoms with Crippen LogP contribution in [-0.4, -0.2) is 47.1 Å². The number of hydrogen-bond acceptors (Lipinski definition) is 4. The SMILES string of the molecule is COc1ccc(-c2cncc(C(=O)N3CCC(C(=O)O)C(C)C3)c2)cc1. The van der Waals surface area contributed by atoms with Gasteiger partial charge < -0.3 is 14.7 Å². The van der Waals surface area contributed by atoms with Crippen LogP contribution in [0.15, 0.2) is 42.7 Å².